The van der Waals surface area contributed by atoms with E-state index in [-0.39, 0.29) is 12.1 Å². The van der Waals surface area contributed by atoms with Crippen molar-refractivity contribution in [3.05, 3.63) is 65.3 Å². The Morgan fingerprint density at radius 2 is 2.10 bits per heavy atom. The standard InChI is InChI=1S/C23H26N4O3/c1-4-29-14-17-6-5-15(2)19(9-17)10-22-25-13-20(30-22)18-7-8-21(24-12-18)27-16(3)11-26-23(27)28/h5-9,12-13,16H,4,10-11,14H2,1-3H3,(H,26,28)/t16-/m1/s1. The number of oxazole rings is 1. The van der Waals surface area contributed by atoms with Crippen molar-refractivity contribution in [3.8, 4) is 11.3 Å². The van der Waals surface area contributed by atoms with E-state index in [0.29, 0.717) is 43.6 Å². The van der Waals surface area contributed by atoms with Gasteiger partial charge in [-0.15, -0.1) is 0 Å². The third kappa shape index (κ3) is 4.21. The number of nitrogens with one attached hydrogen (secondary N) is 1. The number of amides is 2. The first-order valence-corrected chi connectivity index (χ1v) is 10.2. The number of ether oxygens (including phenoxy) is 1. The molecule has 0 radical (unpaired) electrons. The van der Waals surface area contributed by atoms with E-state index in [0.717, 1.165) is 11.1 Å². The Bertz CT molecular complexity index is 1030. The summed E-state index contributed by atoms with van der Waals surface area (Å²) in [6, 6.07) is 10.0. The number of hydrogen-bond donors (Lipinski definition) is 1. The molecular weight excluding hydrogens is 380 g/mol. The largest absolute Gasteiger partial charge is 0.440 e. The van der Waals surface area contributed by atoms with Crippen LogP contribution in [0.4, 0.5) is 10.6 Å². The minimum atomic E-state index is -0.119. The van der Waals surface area contributed by atoms with Gasteiger partial charge in [0.2, 0.25) is 0 Å². The number of benzene rings is 1. The van der Waals surface area contributed by atoms with Gasteiger partial charge < -0.3 is 14.5 Å². The van der Waals surface area contributed by atoms with Crippen LogP contribution in [0.2, 0.25) is 0 Å². The van der Waals surface area contributed by atoms with E-state index in [2.05, 4.69) is 40.4 Å². The molecule has 4 rings (SSSR count). The predicted octanol–water partition coefficient (Wildman–Crippen LogP) is 4.09. The second-order valence-electron chi connectivity index (χ2n) is 7.50. The van der Waals surface area contributed by atoms with E-state index in [4.69, 9.17) is 9.15 Å². The van der Waals surface area contributed by atoms with Gasteiger partial charge in [0.1, 0.15) is 5.82 Å². The van der Waals surface area contributed by atoms with E-state index in [1.807, 2.05) is 26.0 Å². The van der Waals surface area contributed by atoms with Crippen molar-refractivity contribution in [1.29, 1.82) is 0 Å². The average Bonchev–Trinajstić information content (AvgIpc) is 3.35. The number of nitrogens with zero attached hydrogens (tertiary/aromatic N) is 3. The van der Waals surface area contributed by atoms with Crippen molar-refractivity contribution in [1.82, 2.24) is 15.3 Å². The molecule has 30 heavy (non-hydrogen) atoms. The molecule has 1 aliphatic heterocycles. The molecule has 2 amide bonds. The predicted molar refractivity (Wildman–Crippen MR) is 114 cm³/mol. The van der Waals surface area contributed by atoms with Crippen molar-refractivity contribution in [2.45, 2.75) is 39.8 Å². The minimum absolute atomic E-state index is 0.0782. The fourth-order valence-electron chi connectivity index (χ4n) is 3.53. The molecule has 0 aliphatic carbocycles. The number of pyridine rings is 1. The summed E-state index contributed by atoms with van der Waals surface area (Å²) in [4.78, 5) is 22.5. The zero-order chi connectivity index (χ0) is 21.1. The molecule has 1 aliphatic rings. The number of urea groups is 1. The summed E-state index contributed by atoms with van der Waals surface area (Å²) in [6.45, 7) is 7.99. The molecule has 1 saturated heterocycles. The van der Waals surface area contributed by atoms with Crippen LogP contribution in [0.15, 0.2) is 47.1 Å². The van der Waals surface area contributed by atoms with Crippen LogP contribution in [0, 0.1) is 6.92 Å². The Labute approximate surface area is 176 Å². The molecule has 1 aromatic carbocycles. The summed E-state index contributed by atoms with van der Waals surface area (Å²) in [5.41, 5.74) is 4.33. The second-order valence-corrected chi connectivity index (χ2v) is 7.50. The van der Waals surface area contributed by atoms with Gasteiger partial charge in [-0.2, -0.15) is 0 Å². The fraction of sp³-hybridized carbons (Fsp3) is 0.348. The van der Waals surface area contributed by atoms with Crippen LogP contribution in [-0.2, 0) is 17.8 Å². The van der Waals surface area contributed by atoms with Gasteiger partial charge in [-0.05, 0) is 49.6 Å². The van der Waals surface area contributed by atoms with Gasteiger partial charge in [-0.3, -0.25) is 4.90 Å². The van der Waals surface area contributed by atoms with Gasteiger partial charge in [0.15, 0.2) is 11.7 Å². The maximum atomic E-state index is 12.0. The highest BCUT2D eigenvalue weighted by Gasteiger charge is 2.29. The lowest BCUT2D eigenvalue weighted by Crippen LogP contribution is -2.32. The number of carbonyl (C=O) groups is 1. The molecule has 1 atom stereocenters. The Morgan fingerprint density at radius 3 is 2.80 bits per heavy atom. The number of anilines is 1. The van der Waals surface area contributed by atoms with E-state index in [1.54, 1.807) is 17.3 Å². The quantitative estimate of drug-likeness (QED) is 0.639. The van der Waals surface area contributed by atoms with Crippen LogP contribution >= 0.6 is 0 Å². The zero-order valence-electron chi connectivity index (χ0n) is 17.5. The van der Waals surface area contributed by atoms with Crippen molar-refractivity contribution in [3.63, 3.8) is 0 Å². The Morgan fingerprint density at radius 1 is 1.23 bits per heavy atom. The summed E-state index contributed by atoms with van der Waals surface area (Å²) in [7, 11) is 0. The molecule has 3 aromatic rings. The number of carbonyl (C=O) groups excluding carboxylic acids is 1. The molecule has 0 spiro atoms. The second kappa shape index (κ2) is 8.67. The average molecular weight is 406 g/mol. The van der Waals surface area contributed by atoms with Gasteiger partial charge in [0, 0.05) is 31.3 Å². The molecule has 1 fully saturated rings. The number of aryl methyl sites for hydroxylation is 1. The van der Waals surface area contributed by atoms with Crippen molar-refractivity contribution >= 4 is 11.8 Å². The molecule has 3 heterocycles. The summed E-state index contributed by atoms with van der Waals surface area (Å²) in [5.74, 6) is 1.94. The SMILES string of the molecule is CCOCc1ccc(C)c(Cc2ncc(-c3ccc(N4C(=O)NC[C@H]4C)nc3)o2)c1. The van der Waals surface area contributed by atoms with Crippen molar-refractivity contribution < 1.29 is 13.9 Å². The number of rotatable bonds is 7. The highest BCUT2D eigenvalue weighted by molar-refractivity contribution is 5.94. The third-order valence-corrected chi connectivity index (χ3v) is 5.27. The van der Waals surface area contributed by atoms with E-state index in [1.165, 1.54) is 11.1 Å². The summed E-state index contributed by atoms with van der Waals surface area (Å²) in [5, 5.41) is 2.82. The van der Waals surface area contributed by atoms with E-state index >= 15 is 0 Å². The first kappa shape index (κ1) is 20.1. The Hall–Kier alpha value is -3.19. The van der Waals surface area contributed by atoms with Gasteiger partial charge in [-0.1, -0.05) is 18.2 Å². The van der Waals surface area contributed by atoms with Crippen LogP contribution in [-0.4, -0.2) is 35.2 Å². The van der Waals surface area contributed by atoms with Crippen molar-refractivity contribution in [2.75, 3.05) is 18.1 Å². The number of hydrogen-bond acceptors (Lipinski definition) is 5. The molecule has 7 heteroatoms. The monoisotopic (exact) mass is 406 g/mol. The van der Waals surface area contributed by atoms with Gasteiger partial charge in [0.25, 0.3) is 0 Å². The number of aromatic nitrogens is 2. The van der Waals surface area contributed by atoms with Crippen LogP contribution < -0.4 is 10.2 Å². The summed E-state index contributed by atoms with van der Waals surface area (Å²) < 4.78 is 11.5. The molecule has 0 bridgehead atoms. The summed E-state index contributed by atoms with van der Waals surface area (Å²) >= 11 is 0. The first-order valence-electron chi connectivity index (χ1n) is 10.2. The molecular formula is C23H26N4O3. The highest BCUT2D eigenvalue weighted by Crippen LogP contribution is 2.25. The van der Waals surface area contributed by atoms with Crippen LogP contribution in [0.25, 0.3) is 11.3 Å². The maximum Gasteiger partial charge on any atom is 0.323 e. The molecule has 1 N–H and O–H groups in total. The first-order chi connectivity index (χ1) is 14.5. The van der Waals surface area contributed by atoms with Gasteiger partial charge in [0.05, 0.1) is 18.8 Å². The topological polar surface area (TPSA) is 80.5 Å². The zero-order valence-corrected chi connectivity index (χ0v) is 17.5. The van der Waals surface area contributed by atoms with Gasteiger partial charge in [-0.25, -0.2) is 14.8 Å². The van der Waals surface area contributed by atoms with E-state index < -0.39 is 0 Å². The lowest BCUT2D eigenvalue weighted by Gasteiger charge is -2.18. The van der Waals surface area contributed by atoms with Crippen LogP contribution in [0.3, 0.4) is 0 Å². The minimum Gasteiger partial charge on any atom is -0.440 e. The highest BCUT2D eigenvalue weighted by atomic mass is 16.5. The Balaban J connectivity index is 1.49. The summed E-state index contributed by atoms with van der Waals surface area (Å²) in [6.07, 6.45) is 4.05. The van der Waals surface area contributed by atoms with Crippen molar-refractivity contribution in [2.24, 2.45) is 0 Å². The smallest absolute Gasteiger partial charge is 0.323 e. The lowest BCUT2D eigenvalue weighted by atomic mass is 10.0. The van der Waals surface area contributed by atoms with Crippen LogP contribution in [0.5, 0.6) is 0 Å². The fourth-order valence-corrected chi connectivity index (χ4v) is 3.53. The molecule has 156 valence electrons. The van der Waals surface area contributed by atoms with Crippen LogP contribution in [0.1, 0.15) is 36.4 Å². The lowest BCUT2D eigenvalue weighted by molar-refractivity contribution is 0.134. The Kier molecular flexibility index (Phi) is 5.81. The molecule has 0 saturated carbocycles. The molecule has 0 unspecified atom stereocenters. The third-order valence-electron chi connectivity index (χ3n) is 5.27. The van der Waals surface area contributed by atoms with E-state index in [9.17, 15) is 4.79 Å². The maximum absolute atomic E-state index is 12.0. The molecule has 7 nitrogen and oxygen atoms in total. The normalized spacial score (nSPS) is 16.2. The van der Waals surface area contributed by atoms with Gasteiger partial charge >= 0.3 is 6.03 Å². The molecule has 2 aromatic heterocycles.